The van der Waals surface area contributed by atoms with Crippen LogP contribution < -0.4 is 0 Å². The predicted molar refractivity (Wildman–Crippen MR) is 70.1 cm³/mol. The Labute approximate surface area is 113 Å². The number of thiophene rings is 1. The summed E-state index contributed by atoms with van der Waals surface area (Å²) < 4.78 is 7.15. The molecular formula is C11H14BrClO2S. The lowest BCUT2D eigenvalue weighted by Gasteiger charge is -2.21. The summed E-state index contributed by atoms with van der Waals surface area (Å²) in [5, 5.41) is 10.3. The van der Waals surface area contributed by atoms with E-state index in [2.05, 4.69) is 22.9 Å². The first kappa shape index (κ1) is 12.8. The van der Waals surface area contributed by atoms with Gasteiger partial charge in [-0.1, -0.05) is 18.5 Å². The average molecular weight is 326 g/mol. The molecule has 1 aromatic heterocycles. The van der Waals surface area contributed by atoms with Gasteiger partial charge in [0.1, 0.15) is 4.34 Å². The lowest BCUT2D eigenvalue weighted by molar-refractivity contribution is 0.0322. The van der Waals surface area contributed by atoms with Gasteiger partial charge in [-0.15, -0.1) is 11.3 Å². The largest absolute Gasteiger partial charge is 0.387 e. The van der Waals surface area contributed by atoms with Crippen LogP contribution >= 0.6 is 38.9 Å². The molecule has 0 saturated carbocycles. The molecule has 5 heteroatoms. The molecule has 2 rings (SSSR count). The van der Waals surface area contributed by atoms with E-state index in [1.165, 1.54) is 11.3 Å². The highest BCUT2D eigenvalue weighted by atomic mass is 79.9. The standard InChI is InChI=1S/C11H14BrClO2S/c1-2-8-6(3-4-15-8)10(14)9-5-7(12)11(13)16-9/h5-6,8,10,14H,2-4H2,1H3. The van der Waals surface area contributed by atoms with Crippen molar-refractivity contribution in [3.63, 3.8) is 0 Å². The quantitative estimate of drug-likeness (QED) is 0.910. The molecule has 1 N–H and O–H groups in total. The van der Waals surface area contributed by atoms with E-state index in [4.69, 9.17) is 16.3 Å². The van der Waals surface area contributed by atoms with E-state index in [1.54, 1.807) is 0 Å². The van der Waals surface area contributed by atoms with Gasteiger partial charge in [-0.05, 0) is 34.8 Å². The van der Waals surface area contributed by atoms with E-state index in [-0.39, 0.29) is 12.0 Å². The van der Waals surface area contributed by atoms with Gasteiger partial charge in [0.15, 0.2) is 0 Å². The average Bonchev–Trinajstić information content (AvgIpc) is 2.85. The zero-order chi connectivity index (χ0) is 11.7. The minimum absolute atomic E-state index is 0.176. The summed E-state index contributed by atoms with van der Waals surface area (Å²) in [6.45, 7) is 2.84. The number of hydrogen-bond acceptors (Lipinski definition) is 3. The molecule has 0 aliphatic carbocycles. The van der Waals surface area contributed by atoms with Crippen molar-refractivity contribution >= 4 is 38.9 Å². The first-order chi connectivity index (χ1) is 7.63. The van der Waals surface area contributed by atoms with Gasteiger partial charge in [-0.3, -0.25) is 0 Å². The summed E-state index contributed by atoms with van der Waals surface area (Å²) in [7, 11) is 0. The van der Waals surface area contributed by atoms with Gasteiger partial charge in [0.05, 0.1) is 12.2 Å². The summed E-state index contributed by atoms with van der Waals surface area (Å²) >= 11 is 10.8. The lowest BCUT2D eigenvalue weighted by Crippen LogP contribution is -2.21. The van der Waals surface area contributed by atoms with Crippen molar-refractivity contribution in [3.8, 4) is 0 Å². The maximum Gasteiger partial charge on any atom is 0.107 e. The summed E-state index contributed by atoms with van der Waals surface area (Å²) in [6, 6.07) is 1.91. The molecule has 0 spiro atoms. The number of halogens is 2. The van der Waals surface area contributed by atoms with E-state index in [9.17, 15) is 5.11 Å². The molecule has 3 atom stereocenters. The minimum atomic E-state index is -0.457. The zero-order valence-electron chi connectivity index (χ0n) is 8.95. The van der Waals surface area contributed by atoms with Crippen LogP contribution in [-0.2, 0) is 4.74 Å². The van der Waals surface area contributed by atoms with E-state index in [0.29, 0.717) is 4.34 Å². The number of hydrogen-bond donors (Lipinski definition) is 1. The first-order valence-corrected chi connectivity index (χ1v) is 7.36. The second kappa shape index (κ2) is 5.36. The van der Waals surface area contributed by atoms with E-state index < -0.39 is 6.10 Å². The summed E-state index contributed by atoms with van der Waals surface area (Å²) in [5.41, 5.74) is 0. The van der Waals surface area contributed by atoms with Crippen molar-refractivity contribution in [1.29, 1.82) is 0 Å². The normalized spacial score (nSPS) is 27.2. The highest BCUT2D eigenvalue weighted by molar-refractivity contribution is 9.10. The third-order valence-corrected chi connectivity index (χ3v) is 5.57. The lowest BCUT2D eigenvalue weighted by atomic mass is 9.92. The van der Waals surface area contributed by atoms with Crippen LogP contribution in [0.3, 0.4) is 0 Å². The Morgan fingerprint density at radius 1 is 1.75 bits per heavy atom. The Balaban J connectivity index is 2.14. The fraction of sp³-hybridized carbons (Fsp3) is 0.636. The molecule has 0 radical (unpaired) electrons. The SMILES string of the molecule is CCC1OCCC1C(O)c1cc(Br)c(Cl)s1. The molecule has 1 aliphatic heterocycles. The molecule has 1 saturated heterocycles. The van der Waals surface area contributed by atoms with E-state index in [1.807, 2.05) is 6.07 Å². The molecule has 1 fully saturated rings. The van der Waals surface area contributed by atoms with Crippen molar-refractivity contribution < 1.29 is 9.84 Å². The Morgan fingerprint density at radius 3 is 3.06 bits per heavy atom. The highest BCUT2D eigenvalue weighted by Gasteiger charge is 2.34. The smallest absolute Gasteiger partial charge is 0.107 e. The minimum Gasteiger partial charge on any atom is -0.387 e. The van der Waals surface area contributed by atoms with Gasteiger partial charge < -0.3 is 9.84 Å². The van der Waals surface area contributed by atoms with Gasteiger partial charge in [0.25, 0.3) is 0 Å². The maximum absolute atomic E-state index is 10.3. The monoisotopic (exact) mass is 324 g/mol. The number of aliphatic hydroxyl groups is 1. The van der Waals surface area contributed by atoms with Crippen LogP contribution in [-0.4, -0.2) is 17.8 Å². The predicted octanol–water partition coefficient (Wildman–Crippen LogP) is 4.01. The Morgan fingerprint density at radius 2 is 2.50 bits per heavy atom. The summed E-state index contributed by atoms with van der Waals surface area (Å²) in [5.74, 6) is 0.201. The second-order valence-corrected chi connectivity index (χ2v) is 6.53. The Hall–Kier alpha value is 0.390. The number of rotatable bonds is 3. The molecule has 0 aromatic carbocycles. The van der Waals surface area contributed by atoms with Gasteiger partial charge >= 0.3 is 0 Å². The van der Waals surface area contributed by atoms with Gasteiger partial charge in [0, 0.05) is 21.9 Å². The fourth-order valence-electron chi connectivity index (χ4n) is 2.17. The van der Waals surface area contributed by atoms with E-state index in [0.717, 1.165) is 28.8 Å². The van der Waals surface area contributed by atoms with Crippen LogP contribution in [0.15, 0.2) is 10.5 Å². The van der Waals surface area contributed by atoms with Crippen LogP contribution in [0.5, 0.6) is 0 Å². The van der Waals surface area contributed by atoms with Crippen LogP contribution in [0.4, 0.5) is 0 Å². The molecule has 16 heavy (non-hydrogen) atoms. The number of ether oxygens (including phenoxy) is 1. The van der Waals surface area contributed by atoms with Crippen LogP contribution in [0.2, 0.25) is 4.34 Å². The zero-order valence-corrected chi connectivity index (χ0v) is 12.1. The molecular weight excluding hydrogens is 312 g/mol. The molecule has 3 unspecified atom stereocenters. The van der Waals surface area contributed by atoms with Crippen LogP contribution in [0, 0.1) is 5.92 Å². The van der Waals surface area contributed by atoms with Crippen molar-refractivity contribution in [2.75, 3.05) is 6.61 Å². The molecule has 0 amide bonds. The first-order valence-electron chi connectivity index (χ1n) is 5.38. The van der Waals surface area contributed by atoms with Crippen molar-refractivity contribution in [1.82, 2.24) is 0 Å². The van der Waals surface area contributed by atoms with Gasteiger partial charge in [0.2, 0.25) is 0 Å². The molecule has 1 aliphatic rings. The third-order valence-electron chi connectivity index (χ3n) is 3.02. The fourth-order valence-corrected chi connectivity index (χ4v) is 3.97. The van der Waals surface area contributed by atoms with Crippen LogP contribution in [0.1, 0.15) is 30.7 Å². The van der Waals surface area contributed by atoms with Gasteiger partial charge in [-0.2, -0.15) is 0 Å². The molecule has 1 aromatic rings. The summed E-state index contributed by atoms with van der Waals surface area (Å²) in [6.07, 6.45) is 1.59. The van der Waals surface area contributed by atoms with Crippen molar-refractivity contribution in [2.45, 2.75) is 32.0 Å². The third kappa shape index (κ3) is 2.46. The highest BCUT2D eigenvalue weighted by Crippen LogP contribution is 2.41. The molecule has 2 nitrogen and oxygen atoms in total. The van der Waals surface area contributed by atoms with Gasteiger partial charge in [-0.25, -0.2) is 0 Å². The molecule has 90 valence electrons. The van der Waals surface area contributed by atoms with Crippen molar-refractivity contribution in [2.24, 2.45) is 5.92 Å². The topological polar surface area (TPSA) is 29.5 Å². The van der Waals surface area contributed by atoms with Crippen LogP contribution in [0.25, 0.3) is 0 Å². The number of aliphatic hydroxyl groups excluding tert-OH is 1. The molecule has 0 bridgehead atoms. The maximum atomic E-state index is 10.3. The Bertz CT molecular complexity index is 349. The Kier molecular flexibility index (Phi) is 4.30. The van der Waals surface area contributed by atoms with Crippen molar-refractivity contribution in [3.05, 3.63) is 19.8 Å². The second-order valence-electron chi connectivity index (χ2n) is 3.99. The summed E-state index contributed by atoms with van der Waals surface area (Å²) in [4.78, 5) is 0.922. The molecule has 2 heterocycles. The van der Waals surface area contributed by atoms with E-state index >= 15 is 0 Å².